The maximum atomic E-state index is 13.1. The van der Waals surface area contributed by atoms with E-state index in [-0.39, 0.29) is 27.2 Å². The number of para-hydroxylation sites is 2. The molecule has 0 fully saturated rings. The third kappa shape index (κ3) is 4.71. The maximum Gasteiger partial charge on any atom is 0.289 e. The lowest BCUT2D eigenvalue weighted by molar-refractivity contribution is -0.384. The van der Waals surface area contributed by atoms with Gasteiger partial charge in [0.2, 0.25) is 0 Å². The van der Waals surface area contributed by atoms with Crippen molar-refractivity contribution in [2.75, 3.05) is 10.0 Å². The molecule has 0 aliphatic heterocycles. The fourth-order valence-corrected chi connectivity index (χ4v) is 4.37. The minimum atomic E-state index is -3.99. The van der Waals surface area contributed by atoms with Crippen LogP contribution >= 0.6 is 11.6 Å². The second-order valence-electron chi connectivity index (χ2n) is 7.31. The number of fused-ring (bicyclic) bond motifs is 1. The minimum absolute atomic E-state index is 0.0224. The monoisotopic (exact) mass is 483 g/mol. The predicted octanol–water partition coefficient (Wildman–Crippen LogP) is 5.35. The Hall–Kier alpha value is -3.76. The second kappa shape index (κ2) is 8.64. The summed E-state index contributed by atoms with van der Waals surface area (Å²) in [5.41, 5.74) is 2.77. The Labute approximate surface area is 194 Å². The molecule has 1 heterocycles. The van der Waals surface area contributed by atoms with Gasteiger partial charge in [0.1, 0.15) is 5.02 Å². The van der Waals surface area contributed by atoms with E-state index >= 15 is 0 Å². The van der Waals surface area contributed by atoms with Crippen LogP contribution in [-0.4, -0.2) is 23.3 Å². The number of aromatic nitrogens is 2. The van der Waals surface area contributed by atoms with Crippen LogP contribution in [0.25, 0.3) is 11.0 Å². The molecule has 33 heavy (non-hydrogen) atoms. The van der Waals surface area contributed by atoms with E-state index in [1.54, 1.807) is 36.4 Å². The van der Waals surface area contributed by atoms with E-state index in [0.29, 0.717) is 16.7 Å². The number of halogens is 1. The zero-order chi connectivity index (χ0) is 23.8. The average Bonchev–Trinajstić information content (AvgIpc) is 2.76. The van der Waals surface area contributed by atoms with Gasteiger partial charge in [-0.2, -0.15) is 0 Å². The molecular formula is C22H18ClN5O4S. The number of nitro benzene ring substituents is 1. The van der Waals surface area contributed by atoms with Crippen LogP contribution in [0.2, 0.25) is 5.02 Å². The second-order valence-corrected chi connectivity index (χ2v) is 9.40. The Balaban J connectivity index is 1.79. The van der Waals surface area contributed by atoms with Crippen LogP contribution in [0.5, 0.6) is 0 Å². The highest BCUT2D eigenvalue weighted by atomic mass is 35.5. The molecule has 0 unspecified atom stereocenters. The fraction of sp³-hybridized carbons (Fsp3) is 0.0909. The van der Waals surface area contributed by atoms with Crippen molar-refractivity contribution in [3.63, 3.8) is 0 Å². The Kier molecular flexibility index (Phi) is 5.88. The molecule has 1 aromatic heterocycles. The summed E-state index contributed by atoms with van der Waals surface area (Å²) in [4.78, 5) is 19.6. The third-order valence-corrected chi connectivity index (χ3v) is 6.65. The smallest absolute Gasteiger partial charge is 0.289 e. The maximum absolute atomic E-state index is 13.1. The quantitative estimate of drug-likeness (QED) is 0.279. The van der Waals surface area contributed by atoms with Crippen molar-refractivity contribution in [1.82, 2.24) is 9.97 Å². The van der Waals surface area contributed by atoms with Crippen molar-refractivity contribution < 1.29 is 13.3 Å². The number of nitrogens with zero attached hydrogens (tertiary/aromatic N) is 3. The van der Waals surface area contributed by atoms with Crippen LogP contribution < -0.4 is 10.0 Å². The number of aryl methyl sites for hydroxylation is 2. The Morgan fingerprint density at radius 1 is 0.909 bits per heavy atom. The SMILES string of the molecule is Cc1ccc(S(=O)(=O)Nc2nc3ccccc3nc2Nc2ccc(Cl)c([N+](=O)[O-])c2)cc1C. The summed E-state index contributed by atoms with van der Waals surface area (Å²) in [5, 5.41) is 14.1. The lowest BCUT2D eigenvalue weighted by Crippen LogP contribution is -2.16. The number of nitro groups is 1. The number of anilines is 3. The molecule has 0 saturated carbocycles. The molecular weight excluding hydrogens is 466 g/mol. The van der Waals surface area contributed by atoms with Gasteiger partial charge in [-0.3, -0.25) is 14.8 Å². The molecule has 0 aliphatic carbocycles. The Morgan fingerprint density at radius 2 is 1.58 bits per heavy atom. The van der Waals surface area contributed by atoms with Crippen molar-refractivity contribution in [3.8, 4) is 0 Å². The number of sulfonamides is 1. The van der Waals surface area contributed by atoms with E-state index in [1.165, 1.54) is 24.3 Å². The summed E-state index contributed by atoms with van der Waals surface area (Å²) in [6.07, 6.45) is 0. The van der Waals surface area contributed by atoms with Crippen LogP contribution in [0.4, 0.5) is 23.0 Å². The largest absolute Gasteiger partial charge is 0.337 e. The van der Waals surface area contributed by atoms with E-state index in [2.05, 4.69) is 20.0 Å². The number of benzene rings is 3. The first kappa shape index (κ1) is 22.4. The number of rotatable bonds is 6. The first-order valence-electron chi connectivity index (χ1n) is 9.72. The van der Waals surface area contributed by atoms with Gasteiger partial charge < -0.3 is 5.32 Å². The van der Waals surface area contributed by atoms with Gasteiger partial charge in [-0.1, -0.05) is 29.8 Å². The highest BCUT2D eigenvalue weighted by Gasteiger charge is 2.20. The summed E-state index contributed by atoms with van der Waals surface area (Å²) in [6.45, 7) is 3.71. The molecule has 2 N–H and O–H groups in total. The van der Waals surface area contributed by atoms with Crippen molar-refractivity contribution >= 4 is 55.7 Å². The molecule has 11 heteroatoms. The van der Waals surface area contributed by atoms with E-state index in [9.17, 15) is 18.5 Å². The normalized spacial score (nSPS) is 11.4. The highest BCUT2D eigenvalue weighted by Crippen LogP contribution is 2.31. The van der Waals surface area contributed by atoms with Gasteiger partial charge in [-0.05, 0) is 61.4 Å². The van der Waals surface area contributed by atoms with E-state index < -0.39 is 14.9 Å². The van der Waals surface area contributed by atoms with Crippen molar-refractivity contribution in [1.29, 1.82) is 0 Å². The van der Waals surface area contributed by atoms with Crippen LogP contribution in [0.3, 0.4) is 0 Å². The predicted molar refractivity (Wildman–Crippen MR) is 128 cm³/mol. The Morgan fingerprint density at radius 3 is 2.21 bits per heavy atom. The molecule has 0 aliphatic rings. The topological polar surface area (TPSA) is 127 Å². The van der Waals surface area contributed by atoms with Crippen LogP contribution in [0.15, 0.2) is 65.6 Å². The van der Waals surface area contributed by atoms with Gasteiger partial charge >= 0.3 is 0 Å². The van der Waals surface area contributed by atoms with Gasteiger partial charge in [0, 0.05) is 11.8 Å². The summed E-state index contributed by atoms with van der Waals surface area (Å²) >= 11 is 5.89. The molecule has 0 radical (unpaired) electrons. The van der Waals surface area contributed by atoms with Crippen molar-refractivity contribution in [2.24, 2.45) is 0 Å². The average molecular weight is 484 g/mol. The summed E-state index contributed by atoms with van der Waals surface area (Å²) in [6, 6.07) is 15.9. The minimum Gasteiger partial charge on any atom is -0.337 e. The third-order valence-electron chi connectivity index (χ3n) is 5.00. The van der Waals surface area contributed by atoms with Crippen molar-refractivity contribution in [2.45, 2.75) is 18.7 Å². The standard InChI is InChI=1S/C22H18ClN5O4S/c1-13-7-9-16(11-14(13)2)33(31,32)27-22-21(25-18-5-3-4-6-19(18)26-22)24-15-8-10-17(23)20(12-15)28(29)30/h3-12H,1-2H3,(H,24,25)(H,26,27). The molecule has 0 amide bonds. The lowest BCUT2D eigenvalue weighted by Gasteiger charge is -2.14. The van der Waals surface area contributed by atoms with Crippen LogP contribution in [0.1, 0.15) is 11.1 Å². The van der Waals surface area contributed by atoms with Gasteiger partial charge in [0.05, 0.1) is 20.9 Å². The lowest BCUT2D eigenvalue weighted by atomic mass is 10.1. The number of nitrogens with one attached hydrogen (secondary N) is 2. The number of hydrogen-bond acceptors (Lipinski definition) is 7. The van der Waals surface area contributed by atoms with Gasteiger partial charge in [0.15, 0.2) is 11.6 Å². The van der Waals surface area contributed by atoms with Crippen LogP contribution in [-0.2, 0) is 10.0 Å². The van der Waals surface area contributed by atoms with Crippen LogP contribution in [0, 0.1) is 24.0 Å². The van der Waals surface area contributed by atoms with E-state index in [0.717, 1.165) is 11.1 Å². The van der Waals surface area contributed by atoms with Gasteiger partial charge in [-0.15, -0.1) is 0 Å². The van der Waals surface area contributed by atoms with Crippen molar-refractivity contribution in [3.05, 3.63) is 86.9 Å². The highest BCUT2D eigenvalue weighted by molar-refractivity contribution is 7.92. The Bertz CT molecular complexity index is 1510. The molecule has 0 atom stereocenters. The number of hydrogen-bond donors (Lipinski definition) is 2. The molecule has 0 bridgehead atoms. The molecule has 168 valence electrons. The first-order chi connectivity index (χ1) is 15.6. The van der Waals surface area contributed by atoms with Gasteiger partial charge in [-0.25, -0.2) is 18.4 Å². The van der Waals surface area contributed by atoms with E-state index in [4.69, 9.17) is 11.6 Å². The van der Waals surface area contributed by atoms with Gasteiger partial charge in [0.25, 0.3) is 15.7 Å². The fourth-order valence-electron chi connectivity index (χ4n) is 3.09. The summed E-state index contributed by atoms with van der Waals surface area (Å²) in [7, 11) is -3.99. The molecule has 4 aromatic rings. The molecule has 9 nitrogen and oxygen atoms in total. The molecule has 3 aromatic carbocycles. The zero-order valence-electron chi connectivity index (χ0n) is 17.5. The molecule has 4 rings (SSSR count). The molecule has 0 saturated heterocycles. The zero-order valence-corrected chi connectivity index (χ0v) is 19.1. The molecule has 0 spiro atoms. The summed E-state index contributed by atoms with van der Waals surface area (Å²) in [5.74, 6) is 0.0299. The van der Waals surface area contributed by atoms with E-state index in [1.807, 2.05) is 13.8 Å². The first-order valence-corrected chi connectivity index (χ1v) is 11.6. The summed E-state index contributed by atoms with van der Waals surface area (Å²) < 4.78 is 28.6.